The van der Waals surface area contributed by atoms with Gasteiger partial charge in [-0.1, -0.05) is 19.1 Å². The lowest BCUT2D eigenvalue weighted by Crippen LogP contribution is -2.42. The van der Waals surface area contributed by atoms with E-state index in [-0.39, 0.29) is 11.8 Å². The van der Waals surface area contributed by atoms with Gasteiger partial charge in [-0.2, -0.15) is 0 Å². The van der Waals surface area contributed by atoms with Gasteiger partial charge in [0, 0.05) is 19.5 Å². The molecule has 0 fully saturated rings. The summed E-state index contributed by atoms with van der Waals surface area (Å²) < 4.78 is 5.11. The van der Waals surface area contributed by atoms with Crippen LogP contribution in [-0.2, 0) is 11.2 Å². The van der Waals surface area contributed by atoms with Crippen molar-refractivity contribution in [2.24, 2.45) is 5.92 Å². The smallest absolute Gasteiger partial charge is 0.225 e. The van der Waals surface area contributed by atoms with Crippen molar-refractivity contribution >= 4 is 5.91 Å². The van der Waals surface area contributed by atoms with E-state index in [0.29, 0.717) is 13.0 Å². The molecule has 0 aromatic heterocycles. The van der Waals surface area contributed by atoms with Gasteiger partial charge >= 0.3 is 0 Å². The van der Waals surface area contributed by atoms with Crippen molar-refractivity contribution in [3.05, 3.63) is 29.8 Å². The molecule has 4 heteroatoms. The van der Waals surface area contributed by atoms with Crippen LogP contribution in [0.5, 0.6) is 5.75 Å². The SMILES string of the molecule is COc1ccc(CC(C)C(=O)N(C)CC(C)(C)O)cc1. The molecule has 0 aliphatic carbocycles. The van der Waals surface area contributed by atoms with Crippen LogP contribution in [-0.4, -0.2) is 42.2 Å². The highest BCUT2D eigenvalue weighted by Crippen LogP contribution is 2.16. The Hall–Kier alpha value is -1.55. The van der Waals surface area contributed by atoms with E-state index in [1.54, 1.807) is 32.9 Å². The topological polar surface area (TPSA) is 49.8 Å². The highest BCUT2D eigenvalue weighted by atomic mass is 16.5. The number of carbonyl (C=O) groups excluding carboxylic acids is 1. The van der Waals surface area contributed by atoms with Crippen LogP contribution in [0.2, 0.25) is 0 Å². The summed E-state index contributed by atoms with van der Waals surface area (Å²) in [4.78, 5) is 13.8. The van der Waals surface area contributed by atoms with Crippen molar-refractivity contribution in [2.75, 3.05) is 20.7 Å². The van der Waals surface area contributed by atoms with E-state index in [1.165, 1.54) is 0 Å². The molecule has 0 saturated heterocycles. The van der Waals surface area contributed by atoms with E-state index in [4.69, 9.17) is 4.74 Å². The van der Waals surface area contributed by atoms with Gasteiger partial charge in [0.15, 0.2) is 0 Å². The lowest BCUT2D eigenvalue weighted by atomic mass is 9.99. The molecular weight excluding hydrogens is 254 g/mol. The minimum atomic E-state index is -0.871. The zero-order valence-electron chi connectivity index (χ0n) is 13.0. The van der Waals surface area contributed by atoms with Gasteiger partial charge < -0.3 is 14.7 Å². The van der Waals surface area contributed by atoms with Crippen LogP contribution in [0.25, 0.3) is 0 Å². The largest absolute Gasteiger partial charge is 0.497 e. The highest BCUT2D eigenvalue weighted by Gasteiger charge is 2.23. The van der Waals surface area contributed by atoms with Crippen LogP contribution < -0.4 is 4.74 Å². The first kappa shape index (κ1) is 16.5. The van der Waals surface area contributed by atoms with Gasteiger partial charge in [-0.15, -0.1) is 0 Å². The summed E-state index contributed by atoms with van der Waals surface area (Å²) >= 11 is 0. The normalized spacial score (nSPS) is 12.9. The first-order chi connectivity index (χ1) is 9.23. The molecule has 0 aliphatic rings. The zero-order chi connectivity index (χ0) is 15.3. The molecule has 1 N–H and O–H groups in total. The average Bonchev–Trinajstić information content (AvgIpc) is 2.36. The van der Waals surface area contributed by atoms with Gasteiger partial charge in [0.25, 0.3) is 0 Å². The fraction of sp³-hybridized carbons (Fsp3) is 0.562. The van der Waals surface area contributed by atoms with Crippen LogP contribution in [0.15, 0.2) is 24.3 Å². The van der Waals surface area contributed by atoms with E-state index in [2.05, 4.69) is 0 Å². The number of ether oxygens (including phenoxy) is 1. The molecule has 0 aliphatic heterocycles. The number of hydrogen-bond donors (Lipinski definition) is 1. The van der Waals surface area contributed by atoms with Crippen molar-refractivity contribution in [2.45, 2.75) is 32.8 Å². The predicted molar refractivity (Wildman–Crippen MR) is 79.8 cm³/mol. The molecule has 1 amide bonds. The Balaban J connectivity index is 2.60. The zero-order valence-corrected chi connectivity index (χ0v) is 13.0. The third-order valence-corrected chi connectivity index (χ3v) is 3.12. The summed E-state index contributed by atoms with van der Waals surface area (Å²) in [5.41, 5.74) is 0.229. The maximum Gasteiger partial charge on any atom is 0.225 e. The van der Waals surface area contributed by atoms with Crippen LogP contribution in [0.1, 0.15) is 26.3 Å². The molecule has 1 unspecified atom stereocenters. The Morgan fingerprint density at radius 2 is 1.90 bits per heavy atom. The fourth-order valence-corrected chi connectivity index (χ4v) is 2.24. The van der Waals surface area contributed by atoms with Gasteiger partial charge in [-0.25, -0.2) is 0 Å². The van der Waals surface area contributed by atoms with Crippen LogP contribution in [0, 0.1) is 5.92 Å². The number of hydrogen-bond acceptors (Lipinski definition) is 3. The van der Waals surface area contributed by atoms with Crippen LogP contribution >= 0.6 is 0 Å². The molecule has 20 heavy (non-hydrogen) atoms. The Bertz CT molecular complexity index is 434. The monoisotopic (exact) mass is 279 g/mol. The quantitative estimate of drug-likeness (QED) is 0.867. The van der Waals surface area contributed by atoms with Crippen LogP contribution in [0.4, 0.5) is 0 Å². The summed E-state index contributed by atoms with van der Waals surface area (Å²) in [5, 5.41) is 9.76. The van der Waals surface area contributed by atoms with Crippen LogP contribution in [0.3, 0.4) is 0 Å². The van der Waals surface area contributed by atoms with E-state index in [0.717, 1.165) is 11.3 Å². The van der Waals surface area contributed by atoms with Crippen molar-refractivity contribution < 1.29 is 14.6 Å². The van der Waals surface area contributed by atoms with E-state index in [9.17, 15) is 9.90 Å². The number of rotatable bonds is 6. The van der Waals surface area contributed by atoms with Gasteiger partial charge in [-0.05, 0) is 38.0 Å². The number of benzene rings is 1. The van der Waals surface area contributed by atoms with Gasteiger partial charge in [0.1, 0.15) is 5.75 Å². The summed E-state index contributed by atoms with van der Waals surface area (Å²) in [5.74, 6) is 0.741. The summed E-state index contributed by atoms with van der Waals surface area (Å²) in [7, 11) is 3.36. The molecule has 0 radical (unpaired) electrons. The lowest BCUT2D eigenvalue weighted by Gasteiger charge is -2.27. The number of likely N-dealkylation sites (N-methyl/N-ethyl adjacent to an activating group) is 1. The number of methoxy groups -OCH3 is 1. The van der Waals surface area contributed by atoms with Gasteiger partial charge in [0.05, 0.1) is 12.7 Å². The summed E-state index contributed by atoms with van der Waals surface area (Å²) in [6, 6.07) is 7.73. The van der Waals surface area contributed by atoms with Crippen molar-refractivity contribution in [3.63, 3.8) is 0 Å². The molecule has 0 heterocycles. The second-order valence-electron chi connectivity index (χ2n) is 5.96. The minimum absolute atomic E-state index is 0.0444. The number of carbonyl (C=O) groups is 1. The first-order valence-electron chi connectivity index (χ1n) is 6.83. The molecule has 112 valence electrons. The van der Waals surface area contributed by atoms with E-state index >= 15 is 0 Å². The fourth-order valence-electron chi connectivity index (χ4n) is 2.24. The number of aliphatic hydroxyl groups is 1. The Kier molecular flexibility index (Phi) is 5.57. The second-order valence-corrected chi connectivity index (χ2v) is 5.96. The Morgan fingerprint density at radius 3 is 2.35 bits per heavy atom. The second kappa shape index (κ2) is 6.75. The van der Waals surface area contributed by atoms with E-state index < -0.39 is 5.60 Å². The maximum atomic E-state index is 12.2. The highest BCUT2D eigenvalue weighted by molar-refractivity contribution is 5.78. The van der Waals surface area contributed by atoms with Crippen molar-refractivity contribution in [3.8, 4) is 5.75 Å². The van der Waals surface area contributed by atoms with Gasteiger partial charge in [-0.3, -0.25) is 4.79 Å². The predicted octanol–water partition coefficient (Wildman–Crippen LogP) is 2.10. The number of nitrogens with zero attached hydrogens (tertiary/aromatic N) is 1. The Morgan fingerprint density at radius 1 is 1.35 bits per heavy atom. The molecule has 1 atom stereocenters. The molecule has 0 saturated carbocycles. The van der Waals surface area contributed by atoms with Gasteiger partial charge in [0.2, 0.25) is 5.91 Å². The van der Waals surface area contributed by atoms with E-state index in [1.807, 2.05) is 31.2 Å². The van der Waals surface area contributed by atoms with Crippen molar-refractivity contribution in [1.29, 1.82) is 0 Å². The molecule has 4 nitrogen and oxygen atoms in total. The first-order valence-corrected chi connectivity index (χ1v) is 6.83. The average molecular weight is 279 g/mol. The third kappa shape index (κ3) is 5.21. The molecule has 1 aromatic rings. The molecule has 1 rings (SSSR count). The Labute approximate surface area is 121 Å². The minimum Gasteiger partial charge on any atom is -0.497 e. The lowest BCUT2D eigenvalue weighted by molar-refractivity contribution is -0.136. The maximum absolute atomic E-state index is 12.2. The molecule has 0 spiro atoms. The molecule has 1 aromatic carbocycles. The molecular formula is C16H25NO3. The molecule has 0 bridgehead atoms. The third-order valence-electron chi connectivity index (χ3n) is 3.12. The van der Waals surface area contributed by atoms with Crippen molar-refractivity contribution in [1.82, 2.24) is 4.90 Å². The standard InChI is InChI=1S/C16H25NO3/c1-12(15(18)17(4)11-16(2,3)19)10-13-6-8-14(20-5)9-7-13/h6-9,12,19H,10-11H2,1-5H3. The summed E-state index contributed by atoms with van der Waals surface area (Å²) in [6.07, 6.45) is 0.680. The summed E-state index contributed by atoms with van der Waals surface area (Å²) in [6.45, 7) is 5.64. The number of amides is 1.